The van der Waals surface area contributed by atoms with Gasteiger partial charge >= 0.3 is 0 Å². The lowest BCUT2D eigenvalue weighted by molar-refractivity contribution is 0.0846. The quantitative estimate of drug-likeness (QED) is 0.888. The third kappa shape index (κ3) is 3.71. The highest BCUT2D eigenvalue weighted by Crippen LogP contribution is 2.37. The number of benzene rings is 1. The monoisotopic (exact) mass is 315 g/mol. The van der Waals surface area contributed by atoms with E-state index in [9.17, 15) is 14.3 Å². The zero-order valence-corrected chi connectivity index (χ0v) is 12.7. The molecular formula is C17H18FN3O2. The summed E-state index contributed by atoms with van der Waals surface area (Å²) in [6.07, 6.45) is 2.77. The highest BCUT2D eigenvalue weighted by molar-refractivity contribution is 5.92. The van der Waals surface area contributed by atoms with Crippen LogP contribution in [0.2, 0.25) is 0 Å². The van der Waals surface area contributed by atoms with Crippen LogP contribution in [0.4, 0.5) is 4.39 Å². The molecule has 1 aromatic heterocycles. The van der Waals surface area contributed by atoms with E-state index >= 15 is 0 Å². The zero-order valence-electron chi connectivity index (χ0n) is 12.7. The molecule has 120 valence electrons. The number of aliphatic hydroxyl groups excluding tert-OH is 1. The van der Waals surface area contributed by atoms with E-state index in [4.69, 9.17) is 0 Å². The average Bonchev–Trinajstić information content (AvgIpc) is 3.40. The Labute approximate surface area is 133 Å². The van der Waals surface area contributed by atoms with Crippen molar-refractivity contribution >= 4 is 5.91 Å². The zero-order chi connectivity index (χ0) is 16.4. The molecule has 1 fully saturated rings. The molecule has 0 bridgehead atoms. The molecular weight excluding hydrogens is 297 g/mol. The molecule has 1 aliphatic carbocycles. The standard InChI is InChI=1S/C17H18FN3O2/c1-10(15(22)11-4-6-13(18)7-5-11)20-17(23)14-8-9-19-16(21-14)12-2-3-12/h4-10,12,15,22H,2-3H2,1H3,(H,20,23). The predicted octanol–water partition coefficient (Wildman–Crippen LogP) is 2.35. The van der Waals surface area contributed by atoms with Crippen LogP contribution < -0.4 is 5.32 Å². The summed E-state index contributed by atoms with van der Waals surface area (Å²) in [7, 11) is 0. The molecule has 0 spiro atoms. The van der Waals surface area contributed by atoms with Gasteiger partial charge in [0.1, 0.15) is 17.3 Å². The van der Waals surface area contributed by atoms with E-state index in [-0.39, 0.29) is 11.7 Å². The maximum atomic E-state index is 12.9. The van der Waals surface area contributed by atoms with Crippen molar-refractivity contribution in [3.63, 3.8) is 0 Å². The van der Waals surface area contributed by atoms with Crippen LogP contribution in [0.5, 0.6) is 0 Å². The van der Waals surface area contributed by atoms with E-state index in [0.717, 1.165) is 12.8 Å². The Kier molecular flexibility index (Phi) is 4.34. The van der Waals surface area contributed by atoms with Crippen molar-refractivity contribution in [2.24, 2.45) is 0 Å². The first-order valence-electron chi connectivity index (χ1n) is 7.62. The number of carbonyl (C=O) groups excluding carboxylic acids is 1. The SMILES string of the molecule is CC(NC(=O)c1ccnc(C2CC2)n1)C(O)c1ccc(F)cc1. The lowest BCUT2D eigenvalue weighted by atomic mass is 10.0. The number of nitrogens with zero attached hydrogens (tertiary/aromatic N) is 2. The van der Waals surface area contributed by atoms with Crippen LogP contribution >= 0.6 is 0 Å². The number of aromatic nitrogens is 2. The molecule has 23 heavy (non-hydrogen) atoms. The molecule has 2 N–H and O–H groups in total. The first-order valence-corrected chi connectivity index (χ1v) is 7.62. The van der Waals surface area contributed by atoms with Gasteiger partial charge in [0.05, 0.1) is 12.1 Å². The molecule has 1 amide bonds. The molecule has 1 aromatic carbocycles. The molecule has 2 unspecified atom stereocenters. The smallest absolute Gasteiger partial charge is 0.270 e. The molecule has 1 heterocycles. The topological polar surface area (TPSA) is 75.1 Å². The van der Waals surface area contributed by atoms with Gasteiger partial charge in [-0.15, -0.1) is 0 Å². The maximum Gasteiger partial charge on any atom is 0.270 e. The molecule has 0 saturated heterocycles. The van der Waals surface area contributed by atoms with Crippen LogP contribution in [-0.2, 0) is 0 Å². The minimum atomic E-state index is -0.927. The summed E-state index contributed by atoms with van der Waals surface area (Å²) >= 11 is 0. The van der Waals surface area contributed by atoms with Gasteiger partial charge in [-0.1, -0.05) is 12.1 Å². The Morgan fingerprint density at radius 2 is 2.00 bits per heavy atom. The minimum absolute atomic E-state index is 0.292. The molecule has 2 aromatic rings. The summed E-state index contributed by atoms with van der Waals surface area (Å²) in [5.74, 6) is 0.337. The first-order chi connectivity index (χ1) is 11.0. The molecule has 1 aliphatic rings. The molecule has 3 rings (SSSR count). The number of nitrogens with one attached hydrogen (secondary N) is 1. The van der Waals surface area contributed by atoms with Gasteiger partial charge in [0, 0.05) is 12.1 Å². The van der Waals surface area contributed by atoms with Crippen molar-refractivity contribution in [3.05, 3.63) is 59.4 Å². The van der Waals surface area contributed by atoms with Crippen LogP contribution in [0, 0.1) is 5.82 Å². The normalized spacial score (nSPS) is 16.7. The maximum absolute atomic E-state index is 12.9. The summed E-state index contributed by atoms with van der Waals surface area (Å²) in [4.78, 5) is 20.7. The number of aliphatic hydroxyl groups is 1. The van der Waals surface area contributed by atoms with Crippen molar-refractivity contribution in [2.45, 2.75) is 37.8 Å². The molecule has 0 aliphatic heterocycles. The van der Waals surface area contributed by atoms with Gasteiger partial charge in [-0.05, 0) is 43.5 Å². The van der Waals surface area contributed by atoms with Crippen LogP contribution in [0.25, 0.3) is 0 Å². The highest BCUT2D eigenvalue weighted by atomic mass is 19.1. The summed E-state index contributed by atoms with van der Waals surface area (Å²) in [6.45, 7) is 1.69. The number of carbonyl (C=O) groups is 1. The second kappa shape index (κ2) is 6.42. The minimum Gasteiger partial charge on any atom is -0.386 e. The second-order valence-electron chi connectivity index (χ2n) is 5.83. The van der Waals surface area contributed by atoms with Crippen LogP contribution in [0.15, 0.2) is 36.5 Å². The van der Waals surface area contributed by atoms with E-state index in [1.807, 2.05) is 0 Å². The number of hydrogen-bond acceptors (Lipinski definition) is 4. The Balaban J connectivity index is 1.66. The highest BCUT2D eigenvalue weighted by Gasteiger charge is 2.27. The number of rotatable bonds is 5. The van der Waals surface area contributed by atoms with Gasteiger partial charge in [0.25, 0.3) is 5.91 Å². The Bertz CT molecular complexity index is 701. The number of amides is 1. The Morgan fingerprint density at radius 1 is 1.30 bits per heavy atom. The fraction of sp³-hybridized carbons (Fsp3) is 0.353. The Morgan fingerprint density at radius 3 is 2.65 bits per heavy atom. The summed E-state index contributed by atoms with van der Waals surface area (Å²) in [5.41, 5.74) is 0.834. The van der Waals surface area contributed by atoms with Gasteiger partial charge in [-0.3, -0.25) is 4.79 Å². The third-order valence-electron chi connectivity index (χ3n) is 3.89. The fourth-order valence-corrected chi connectivity index (χ4v) is 2.35. The largest absolute Gasteiger partial charge is 0.386 e. The molecule has 1 saturated carbocycles. The van der Waals surface area contributed by atoms with Gasteiger partial charge in [0.15, 0.2) is 0 Å². The lowest BCUT2D eigenvalue weighted by Gasteiger charge is -2.20. The van der Waals surface area contributed by atoms with Gasteiger partial charge in [0.2, 0.25) is 0 Å². The van der Waals surface area contributed by atoms with Crippen molar-refractivity contribution in [2.75, 3.05) is 0 Å². The van der Waals surface area contributed by atoms with E-state index < -0.39 is 12.1 Å². The predicted molar refractivity (Wildman–Crippen MR) is 82.3 cm³/mol. The van der Waals surface area contributed by atoms with Gasteiger partial charge in [-0.2, -0.15) is 0 Å². The van der Waals surface area contributed by atoms with E-state index in [2.05, 4.69) is 15.3 Å². The van der Waals surface area contributed by atoms with E-state index in [1.54, 1.807) is 19.2 Å². The summed E-state index contributed by atoms with van der Waals surface area (Å²) < 4.78 is 12.9. The van der Waals surface area contributed by atoms with Crippen LogP contribution in [-0.4, -0.2) is 27.0 Å². The Hall–Kier alpha value is -2.34. The molecule has 5 nitrogen and oxygen atoms in total. The van der Waals surface area contributed by atoms with Gasteiger partial charge < -0.3 is 10.4 Å². The first kappa shape index (κ1) is 15.6. The molecule has 0 radical (unpaired) electrons. The van der Waals surface area contributed by atoms with E-state index in [0.29, 0.717) is 23.0 Å². The number of halogens is 1. The van der Waals surface area contributed by atoms with Gasteiger partial charge in [-0.25, -0.2) is 14.4 Å². The summed E-state index contributed by atoms with van der Waals surface area (Å²) in [6, 6.07) is 6.57. The van der Waals surface area contributed by atoms with Crippen molar-refractivity contribution in [3.8, 4) is 0 Å². The van der Waals surface area contributed by atoms with Crippen LogP contribution in [0.3, 0.4) is 0 Å². The van der Waals surface area contributed by atoms with E-state index in [1.165, 1.54) is 24.3 Å². The average molecular weight is 315 g/mol. The second-order valence-corrected chi connectivity index (χ2v) is 5.83. The van der Waals surface area contributed by atoms with Crippen molar-refractivity contribution < 1.29 is 14.3 Å². The van der Waals surface area contributed by atoms with Crippen molar-refractivity contribution in [1.29, 1.82) is 0 Å². The molecule has 2 atom stereocenters. The summed E-state index contributed by atoms with van der Waals surface area (Å²) in [5, 5.41) is 13.0. The fourth-order valence-electron chi connectivity index (χ4n) is 2.35. The molecule has 6 heteroatoms. The lowest BCUT2D eigenvalue weighted by Crippen LogP contribution is -2.37. The number of hydrogen-bond donors (Lipinski definition) is 2. The van der Waals surface area contributed by atoms with Crippen LogP contribution in [0.1, 0.15) is 53.7 Å². The third-order valence-corrected chi connectivity index (χ3v) is 3.89. The van der Waals surface area contributed by atoms with Crippen molar-refractivity contribution in [1.82, 2.24) is 15.3 Å².